The first-order chi connectivity index (χ1) is 12.6. The number of hydrogen-bond acceptors (Lipinski definition) is 4. The lowest BCUT2D eigenvalue weighted by molar-refractivity contribution is 0.0720. The predicted octanol–water partition coefficient (Wildman–Crippen LogP) is 3.82. The molecule has 0 aliphatic heterocycles. The van der Waals surface area contributed by atoms with Crippen molar-refractivity contribution in [3.63, 3.8) is 0 Å². The Hall–Kier alpha value is -2.76. The molecule has 2 aromatic carbocycles. The Bertz CT molecular complexity index is 848. The van der Waals surface area contributed by atoms with Crippen LogP contribution in [0, 0.1) is 0 Å². The van der Waals surface area contributed by atoms with Gasteiger partial charge in [0.05, 0.1) is 4.88 Å². The van der Waals surface area contributed by atoms with Crippen molar-refractivity contribution in [3.05, 3.63) is 94.2 Å². The summed E-state index contributed by atoms with van der Waals surface area (Å²) in [6.45, 7) is 0.550. The molecule has 1 aromatic heterocycles. The van der Waals surface area contributed by atoms with Crippen molar-refractivity contribution in [1.82, 2.24) is 10.2 Å². The van der Waals surface area contributed by atoms with Crippen LogP contribution in [0.25, 0.3) is 0 Å². The summed E-state index contributed by atoms with van der Waals surface area (Å²) in [7, 11) is 1.84. The third-order valence-corrected chi connectivity index (χ3v) is 4.90. The van der Waals surface area contributed by atoms with E-state index >= 15 is 0 Å². The molecular formula is C21H20N2O2S. The van der Waals surface area contributed by atoms with Crippen molar-refractivity contribution in [3.8, 4) is 0 Å². The second-order valence-corrected chi connectivity index (χ2v) is 6.93. The first-order valence-electron chi connectivity index (χ1n) is 8.33. The van der Waals surface area contributed by atoms with E-state index in [1.807, 2.05) is 71.9 Å². The number of Topliss-reactive ketones (excluding diaryl/α,β-unsaturated/α-hetero) is 1. The second-order valence-electron chi connectivity index (χ2n) is 5.98. The standard InChI is InChI=1S/C21H20N2O2S/c1-23(15-16-9-4-2-5-10-16)20(19(24)17-11-6-3-7-12-17)22-21(25)18-13-8-14-26-18/h2-14,20H,15H2,1H3,(H,22,25)/t20-/m0/s1. The van der Waals surface area contributed by atoms with E-state index in [2.05, 4.69) is 5.32 Å². The molecule has 0 radical (unpaired) electrons. The van der Waals surface area contributed by atoms with E-state index in [1.165, 1.54) is 11.3 Å². The van der Waals surface area contributed by atoms with Gasteiger partial charge in [-0.15, -0.1) is 11.3 Å². The van der Waals surface area contributed by atoms with Crippen molar-refractivity contribution in [1.29, 1.82) is 0 Å². The van der Waals surface area contributed by atoms with Gasteiger partial charge in [0.15, 0.2) is 5.78 Å². The van der Waals surface area contributed by atoms with Crippen LogP contribution in [-0.2, 0) is 6.54 Å². The quantitative estimate of drug-likeness (QED) is 0.512. The fraction of sp³-hybridized carbons (Fsp3) is 0.143. The maximum atomic E-state index is 13.0. The maximum Gasteiger partial charge on any atom is 0.262 e. The van der Waals surface area contributed by atoms with E-state index < -0.39 is 6.17 Å². The van der Waals surface area contributed by atoms with Crippen molar-refractivity contribution in [2.24, 2.45) is 0 Å². The van der Waals surface area contributed by atoms with E-state index in [0.29, 0.717) is 17.0 Å². The number of likely N-dealkylation sites (N-methyl/N-ethyl adjacent to an activating group) is 1. The van der Waals surface area contributed by atoms with Gasteiger partial charge >= 0.3 is 0 Å². The molecule has 0 unspecified atom stereocenters. The lowest BCUT2D eigenvalue weighted by Gasteiger charge is -2.27. The largest absolute Gasteiger partial charge is 0.329 e. The van der Waals surface area contributed by atoms with Crippen LogP contribution < -0.4 is 5.32 Å². The van der Waals surface area contributed by atoms with E-state index in [0.717, 1.165) is 5.56 Å². The number of carbonyl (C=O) groups is 2. The third kappa shape index (κ3) is 4.45. The van der Waals surface area contributed by atoms with E-state index in [1.54, 1.807) is 18.2 Å². The average molecular weight is 364 g/mol. The zero-order valence-corrected chi connectivity index (χ0v) is 15.3. The van der Waals surface area contributed by atoms with Gasteiger partial charge in [0.1, 0.15) is 6.17 Å². The summed E-state index contributed by atoms with van der Waals surface area (Å²) in [6.07, 6.45) is -0.743. The highest BCUT2D eigenvalue weighted by atomic mass is 32.1. The first-order valence-corrected chi connectivity index (χ1v) is 9.21. The van der Waals surface area contributed by atoms with Crippen LogP contribution in [0.3, 0.4) is 0 Å². The van der Waals surface area contributed by atoms with Gasteiger partial charge in [-0.2, -0.15) is 0 Å². The molecule has 1 heterocycles. The Morgan fingerprint density at radius 2 is 1.62 bits per heavy atom. The number of nitrogens with zero attached hydrogens (tertiary/aromatic N) is 1. The Morgan fingerprint density at radius 3 is 2.23 bits per heavy atom. The number of benzene rings is 2. The molecule has 132 valence electrons. The fourth-order valence-corrected chi connectivity index (χ4v) is 3.33. The third-order valence-electron chi connectivity index (χ3n) is 4.04. The SMILES string of the molecule is CN(Cc1ccccc1)[C@H](NC(=O)c1cccs1)C(=O)c1ccccc1. The molecular weight excluding hydrogens is 344 g/mol. The van der Waals surface area contributed by atoms with E-state index in [-0.39, 0.29) is 11.7 Å². The van der Waals surface area contributed by atoms with Gasteiger partial charge in [-0.25, -0.2) is 0 Å². The van der Waals surface area contributed by atoms with Crippen molar-refractivity contribution < 1.29 is 9.59 Å². The summed E-state index contributed by atoms with van der Waals surface area (Å²) in [6, 6.07) is 22.5. The summed E-state index contributed by atoms with van der Waals surface area (Å²) >= 11 is 1.35. The molecule has 4 nitrogen and oxygen atoms in total. The topological polar surface area (TPSA) is 49.4 Å². The van der Waals surface area contributed by atoms with Gasteiger partial charge in [0.25, 0.3) is 5.91 Å². The number of nitrogens with one attached hydrogen (secondary N) is 1. The Morgan fingerprint density at radius 1 is 0.962 bits per heavy atom. The van der Waals surface area contributed by atoms with Crippen LogP contribution in [0.5, 0.6) is 0 Å². The van der Waals surface area contributed by atoms with Gasteiger partial charge in [0.2, 0.25) is 0 Å². The van der Waals surface area contributed by atoms with Crippen LogP contribution in [-0.4, -0.2) is 29.8 Å². The van der Waals surface area contributed by atoms with Crippen LogP contribution >= 0.6 is 11.3 Å². The summed E-state index contributed by atoms with van der Waals surface area (Å²) in [5.41, 5.74) is 1.65. The minimum absolute atomic E-state index is 0.131. The molecule has 1 N–H and O–H groups in total. The molecule has 0 spiro atoms. The lowest BCUT2D eigenvalue weighted by Crippen LogP contribution is -2.51. The van der Waals surface area contributed by atoms with Gasteiger partial charge < -0.3 is 5.32 Å². The molecule has 1 atom stereocenters. The fourth-order valence-electron chi connectivity index (χ4n) is 2.70. The van der Waals surface area contributed by atoms with Gasteiger partial charge in [-0.05, 0) is 24.1 Å². The number of amides is 1. The maximum absolute atomic E-state index is 13.0. The number of hydrogen-bond donors (Lipinski definition) is 1. The molecule has 3 aromatic rings. The highest BCUT2D eigenvalue weighted by molar-refractivity contribution is 7.12. The molecule has 0 fully saturated rings. The normalized spacial score (nSPS) is 11.9. The molecule has 0 saturated heterocycles. The number of ketones is 1. The lowest BCUT2D eigenvalue weighted by atomic mass is 10.1. The molecule has 0 aliphatic rings. The van der Waals surface area contributed by atoms with Crippen LogP contribution in [0.2, 0.25) is 0 Å². The van der Waals surface area contributed by atoms with Gasteiger partial charge in [-0.3, -0.25) is 14.5 Å². The zero-order valence-electron chi connectivity index (χ0n) is 14.5. The first kappa shape index (κ1) is 18.0. The van der Waals surface area contributed by atoms with Crippen LogP contribution in [0.1, 0.15) is 25.6 Å². The van der Waals surface area contributed by atoms with Crippen LogP contribution in [0.15, 0.2) is 78.2 Å². The molecule has 0 bridgehead atoms. The minimum atomic E-state index is -0.743. The zero-order chi connectivity index (χ0) is 18.4. The van der Waals surface area contributed by atoms with Crippen molar-refractivity contribution >= 4 is 23.0 Å². The summed E-state index contributed by atoms with van der Waals surface area (Å²) in [5.74, 6) is -0.372. The van der Waals surface area contributed by atoms with Crippen LogP contribution in [0.4, 0.5) is 0 Å². The highest BCUT2D eigenvalue weighted by Crippen LogP contribution is 2.13. The molecule has 3 rings (SSSR count). The smallest absolute Gasteiger partial charge is 0.262 e. The van der Waals surface area contributed by atoms with Crippen molar-refractivity contribution in [2.75, 3.05) is 7.05 Å². The van der Waals surface area contributed by atoms with Gasteiger partial charge in [-0.1, -0.05) is 66.7 Å². The summed E-state index contributed by atoms with van der Waals surface area (Å²) in [5, 5.41) is 4.73. The Kier molecular flexibility index (Phi) is 5.94. The summed E-state index contributed by atoms with van der Waals surface area (Å²) < 4.78 is 0. The molecule has 5 heteroatoms. The molecule has 1 amide bonds. The van der Waals surface area contributed by atoms with Crippen molar-refractivity contribution in [2.45, 2.75) is 12.7 Å². The molecule has 0 saturated carbocycles. The highest BCUT2D eigenvalue weighted by Gasteiger charge is 2.27. The Labute approximate surface area is 157 Å². The number of rotatable bonds is 7. The summed E-state index contributed by atoms with van der Waals surface area (Å²) in [4.78, 5) is 28.0. The monoisotopic (exact) mass is 364 g/mol. The molecule has 26 heavy (non-hydrogen) atoms. The van der Waals surface area contributed by atoms with E-state index in [4.69, 9.17) is 0 Å². The Balaban J connectivity index is 1.82. The minimum Gasteiger partial charge on any atom is -0.329 e. The number of thiophene rings is 1. The van der Waals surface area contributed by atoms with Gasteiger partial charge in [0, 0.05) is 12.1 Å². The number of carbonyl (C=O) groups excluding carboxylic acids is 2. The predicted molar refractivity (Wildman–Crippen MR) is 104 cm³/mol. The van der Waals surface area contributed by atoms with E-state index in [9.17, 15) is 9.59 Å². The second kappa shape index (κ2) is 8.56. The molecule has 0 aliphatic carbocycles. The average Bonchev–Trinajstić information content (AvgIpc) is 3.22.